The van der Waals surface area contributed by atoms with Crippen LogP contribution >= 0.6 is 11.6 Å². The van der Waals surface area contributed by atoms with Crippen LogP contribution in [0.4, 0.5) is 11.4 Å². The van der Waals surface area contributed by atoms with Crippen molar-refractivity contribution in [3.63, 3.8) is 0 Å². The molecular weight excluding hydrogens is 536 g/mol. The van der Waals surface area contributed by atoms with Crippen molar-refractivity contribution in [3.8, 4) is 5.75 Å². The zero-order valence-electron chi connectivity index (χ0n) is 22.1. The Morgan fingerprint density at radius 1 is 0.878 bits per heavy atom. The SMILES string of the molecule is COc1cccc(C(=O)[C@@H]2[C@@H](C(=O)c3ccccc3)N3c4ccc(Cl)cc4C=C[C@@H]3[C@@]23C(=O)Nc2ccccc23)c1. The molecule has 7 rings (SSSR count). The van der Waals surface area contributed by atoms with Crippen LogP contribution in [0, 0.1) is 5.92 Å². The summed E-state index contributed by atoms with van der Waals surface area (Å²) in [6.45, 7) is 0. The van der Waals surface area contributed by atoms with E-state index in [1.54, 1.807) is 54.6 Å². The molecule has 1 fully saturated rings. The lowest BCUT2D eigenvalue weighted by molar-refractivity contribution is -0.121. The highest BCUT2D eigenvalue weighted by molar-refractivity contribution is 6.31. The summed E-state index contributed by atoms with van der Waals surface area (Å²) in [6.07, 6.45) is 3.87. The Morgan fingerprint density at radius 3 is 2.44 bits per heavy atom. The molecule has 0 saturated carbocycles. The number of anilines is 2. The number of carbonyl (C=O) groups is 3. The Kier molecular flexibility index (Phi) is 5.84. The first-order valence-corrected chi connectivity index (χ1v) is 13.8. The maximum Gasteiger partial charge on any atom is 0.238 e. The summed E-state index contributed by atoms with van der Waals surface area (Å²) in [5, 5.41) is 3.60. The highest BCUT2D eigenvalue weighted by Crippen LogP contribution is 2.58. The lowest BCUT2D eigenvalue weighted by Crippen LogP contribution is -2.51. The number of methoxy groups -OCH3 is 1. The van der Waals surface area contributed by atoms with Crippen LogP contribution in [0.1, 0.15) is 31.8 Å². The molecule has 0 aliphatic carbocycles. The third kappa shape index (κ3) is 3.60. The molecule has 1 amide bonds. The number of ketones is 2. The minimum Gasteiger partial charge on any atom is -0.497 e. The van der Waals surface area contributed by atoms with E-state index in [0.29, 0.717) is 33.1 Å². The molecule has 3 aliphatic heterocycles. The summed E-state index contributed by atoms with van der Waals surface area (Å²) in [6, 6.07) is 27.1. The van der Waals surface area contributed by atoms with Crippen LogP contribution in [-0.4, -0.2) is 36.7 Å². The second-order valence-electron chi connectivity index (χ2n) is 10.5. The molecule has 6 nitrogen and oxygen atoms in total. The van der Waals surface area contributed by atoms with Crippen molar-refractivity contribution in [1.82, 2.24) is 0 Å². The van der Waals surface area contributed by atoms with E-state index < -0.39 is 23.4 Å². The van der Waals surface area contributed by atoms with Crippen molar-refractivity contribution in [2.45, 2.75) is 17.5 Å². The van der Waals surface area contributed by atoms with Crippen LogP contribution in [-0.2, 0) is 10.2 Å². The molecule has 4 aromatic rings. The van der Waals surface area contributed by atoms with Gasteiger partial charge in [-0.25, -0.2) is 0 Å². The second kappa shape index (κ2) is 9.46. The van der Waals surface area contributed by atoms with E-state index >= 15 is 0 Å². The summed E-state index contributed by atoms with van der Waals surface area (Å²) in [7, 11) is 1.54. The fourth-order valence-corrected chi connectivity index (χ4v) is 7.06. The normalized spacial score (nSPS) is 23.5. The number of ether oxygens (including phenoxy) is 1. The molecule has 0 bridgehead atoms. The summed E-state index contributed by atoms with van der Waals surface area (Å²) >= 11 is 6.36. The number of benzene rings is 4. The zero-order valence-corrected chi connectivity index (χ0v) is 22.8. The fraction of sp³-hybridized carbons (Fsp3) is 0.147. The van der Waals surface area contributed by atoms with E-state index in [-0.39, 0.29) is 17.5 Å². The molecule has 202 valence electrons. The van der Waals surface area contributed by atoms with Gasteiger partial charge in [-0.3, -0.25) is 14.4 Å². The first kappa shape index (κ1) is 25.3. The Morgan fingerprint density at radius 2 is 1.63 bits per heavy atom. The molecular formula is C34H25ClN2O4. The third-order valence-electron chi connectivity index (χ3n) is 8.56. The van der Waals surface area contributed by atoms with Crippen molar-refractivity contribution in [3.05, 3.63) is 130 Å². The van der Waals surface area contributed by atoms with E-state index in [4.69, 9.17) is 16.3 Å². The molecule has 4 atom stereocenters. The van der Waals surface area contributed by atoms with Gasteiger partial charge >= 0.3 is 0 Å². The molecule has 1 spiro atoms. The van der Waals surface area contributed by atoms with Crippen molar-refractivity contribution in [1.29, 1.82) is 0 Å². The smallest absolute Gasteiger partial charge is 0.238 e. The number of hydrogen-bond donors (Lipinski definition) is 1. The summed E-state index contributed by atoms with van der Waals surface area (Å²) in [4.78, 5) is 45.8. The molecule has 0 unspecified atom stereocenters. The van der Waals surface area contributed by atoms with Gasteiger partial charge in [0.2, 0.25) is 5.91 Å². The molecule has 4 aromatic carbocycles. The topological polar surface area (TPSA) is 75.7 Å². The van der Waals surface area contributed by atoms with E-state index in [0.717, 1.165) is 11.3 Å². The van der Waals surface area contributed by atoms with Crippen molar-refractivity contribution in [2.24, 2.45) is 5.92 Å². The molecule has 41 heavy (non-hydrogen) atoms. The summed E-state index contributed by atoms with van der Waals surface area (Å²) < 4.78 is 5.43. The van der Waals surface area contributed by atoms with Gasteiger partial charge in [0.05, 0.1) is 19.1 Å². The Hall–Kier alpha value is -4.68. The van der Waals surface area contributed by atoms with Gasteiger partial charge in [-0.05, 0) is 47.5 Å². The van der Waals surface area contributed by atoms with E-state index in [9.17, 15) is 14.4 Å². The van der Waals surface area contributed by atoms with Crippen LogP contribution in [0.2, 0.25) is 5.02 Å². The molecule has 0 aromatic heterocycles. The minimum absolute atomic E-state index is 0.234. The monoisotopic (exact) mass is 560 g/mol. The quantitative estimate of drug-likeness (QED) is 0.294. The van der Waals surface area contributed by atoms with Gasteiger partial charge in [-0.15, -0.1) is 0 Å². The van der Waals surface area contributed by atoms with Gasteiger partial charge < -0.3 is 15.0 Å². The number of para-hydroxylation sites is 1. The standard InChI is InChI=1S/C34H25ClN2O4/c1-41-24-11-7-10-22(19-24)31(38)29-30(32(39)20-8-3-2-4-9-20)37-27-16-15-23(35)18-21(27)14-17-28(37)34(29)25-12-5-6-13-26(25)36-33(34)40/h2-19,28-30H,1H3,(H,36,40)/t28-,29+,30+,34-/m1/s1. The highest BCUT2D eigenvalue weighted by atomic mass is 35.5. The number of amides is 1. The van der Waals surface area contributed by atoms with Gasteiger partial charge in [0.15, 0.2) is 11.6 Å². The first-order chi connectivity index (χ1) is 19.9. The van der Waals surface area contributed by atoms with Crippen molar-refractivity contribution < 1.29 is 19.1 Å². The lowest BCUT2D eigenvalue weighted by atomic mass is 9.64. The number of carbonyl (C=O) groups excluding carboxylic acids is 3. The maximum atomic E-state index is 14.8. The molecule has 3 aliphatic rings. The molecule has 1 saturated heterocycles. The lowest BCUT2D eigenvalue weighted by Gasteiger charge is -2.37. The number of hydrogen-bond acceptors (Lipinski definition) is 5. The number of halogens is 1. The van der Waals surface area contributed by atoms with E-state index in [1.807, 2.05) is 59.5 Å². The van der Waals surface area contributed by atoms with Crippen molar-refractivity contribution in [2.75, 3.05) is 17.3 Å². The average molecular weight is 561 g/mol. The van der Waals surface area contributed by atoms with Crippen LogP contribution in [0.5, 0.6) is 5.75 Å². The number of rotatable bonds is 5. The highest BCUT2D eigenvalue weighted by Gasteiger charge is 2.70. The van der Waals surface area contributed by atoms with Crippen molar-refractivity contribution >= 4 is 46.5 Å². The molecule has 7 heteroatoms. The van der Waals surface area contributed by atoms with Crippen LogP contribution in [0.25, 0.3) is 6.08 Å². The number of nitrogens with zero attached hydrogens (tertiary/aromatic N) is 1. The summed E-state index contributed by atoms with van der Waals surface area (Å²) in [5.41, 5.74) is 2.37. The number of fused-ring (bicyclic) bond motifs is 6. The summed E-state index contributed by atoms with van der Waals surface area (Å²) in [5.74, 6) is -1.38. The van der Waals surface area contributed by atoms with Gasteiger partial charge in [0.1, 0.15) is 17.2 Å². The van der Waals surface area contributed by atoms with Gasteiger partial charge in [0.25, 0.3) is 0 Å². The largest absolute Gasteiger partial charge is 0.497 e. The second-order valence-corrected chi connectivity index (χ2v) is 11.0. The van der Waals surface area contributed by atoms with Gasteiger partial charge in [-0.1, -0.05) is 84.4 Å². The zero-order chi connectivity index (χ0) is 28.3. The van der Waals surface area contributed by atoms with Crippen LogP contribution < -0.4 is 15.0 Å². The number of Topliss-reactive ketones (excluding diaryl/α,β-unsaturated/α-hetero) is 2. The third-order valence-corrected chi connectivity index (χ3v) is 8.79. The van der Waals surface area contributed by atoms with Gasteiger partial charge in [0, 0.05) is 27.5 Å². The Bertz CT molecular complexity index is 1770. The average Bonchev–Trinajstić information content (AvgIpc) is 3.49. The predicted molar refractivity (Wildman–Crippen MR) is 159 cm³/mol. The minimum atomic E-state index is -1.38. The van der Waals surface area contributed by atoms with E-state index in [1.165, 1.54) is 7.11 Å². The van der Waals surface area contributed by atoms with Gasteiger partial charge in [-0.2, -0.15) is 0 Å². The van der Waals surface area contributed by atoms with E-state index in [2.05, 4.69) is 5.32 Å². The van der Waals surface area contributed by atoms with Crippen LogP contribution in [0.15, 0.2) is 103 Å². The molecule has 0 radical (unpaired) electrons. The Balaban J connectivity index is 1.54. The maximum absolute atomic E-state index is 14.8. The fourth-order valence-electron chi connectivity index (χ4n) is 6.88. The first-order valence-electron chi connectivity index (χ1n) is 13.4. The molecule has 3 heterocycles. The predicted octanol–water partition coefficient (Wildman–Crippen LogP) is 6.20. The van der Waals surface area contributed by atoms with Crippen LogP contribution in [0.3, 0.4) is 0 Å². The number of nitrogens with one attached hydrogen (secondary N) is 1. The molecule has 1 N–H and O–H groups in total. The Labute approximate surface area is 242 Å².